The molecule has 1 amide bonds. The number of rotatable bonds is 7. The first-order valence-corrected chi connectivity index (χ1v) is 10.7. The summed E-state index contributed by atoms with van der Waals surface area (Å²) in [4.78, 5) is 14.8. The van der Waals surface area contributed by atoms with Crippen LogP contribution < -0.4 is 10.1 Å². The monoisotopic (exact) mass is 408 g/mol. The minimum atomic E-state index is -0.0739. The highest BCUT2D eigenvalue weighted by Gasteiger charge is 2.62. The first-order chi connectivity index (χ1) is 14.7. The zero-order valence-corrected chi connectivity index (χ0v) is 17.3. The van der Waals surface area contributed by atoms with Crippen molar-refractivity contribution in [2.45, 2.75) is 24.5 Å². The standard InChI is InChI=1S/C24H28N2O4/c1-28-21-7-3-2-5-17(21)6-4-11-26-14-20-19(22-8-10-24(20,16-26)30-22)13-25-23(27)18-9-12-29-15-18/h2-7,9,12,15,19-20,22H,8,10-11,13-14,16H2,1H3,(H,25,27)/b6-4+/t19-,20+,22+,24+/m0/s1. The molecule has 2 bridgehead atoms. The van der Waals surface area contributed by atoms with E-state index in [1.54, 1.807) is 13.2 Å². The predicted octanol–water partition coefficient (Wildman–Crippen LogP) is 3.21. The molecule has 2 aromatic rings. The van der Waals surface area contributed by atoms with Crippen LogP contribution in [-0.4, -0.2) is 55.8 Å². The molecule has 3 aliphatic heterocycles. The average molecular weight is 408 g/mol. The van der Waals surface area contributed by atoms with Crippen LogP contribution in [0.3, 0.4) is 0 Å². The van der Waals surface area contributed by atoms with Gasteiger partial charge in [0.05, 0.1) is 30.6 Å². The molecule has 3 aliphatic rings. The summed E-state index contributed by atoms with van der Waals surface area (Å²) in [5.74, 6) is 1.66. The Kier molecular flexibility index (Phi) is 5.13. The minimum Gasteiger partial charge on any atom is -0.496 e. The fraction of sp³-hybridized carbons (Fsp3) is 0.458. The van der Waals surface area contributed by atoms with Crippen molar-refractivity contribution in [3.05, 3.63) is 60.1 Å². The van der Waals surface area contributed by atoms with E-state index in [1.165, 1.54) is 12.5 Å². The number of nitrogens with one attached hydrogen (secondary N) is 1. The number of nitrogens with zero attached hydrogens (tertiary/aromatic N) is 1. The molecule has 6 nitrogen and oxygen atoms in total. The SMILES string of the molecule is COc1ccccc1/C=C/CN1C[C@@H]2[C@H](CNC(=O)c3ccoc3)[C@H]3CC[C@]2(C1)O3. The van der Waals surface area contributed by atoms with E-state index in [4.69, 9.17) is 13.9 Å². The number of likely N-dealkylation sites (tertiary alicyclic amines) is 1. The quantitative estimate of drug-likeness (QED) is 0.762. The van der Waals surface area contributed by atoms with Gasteiger partial charge in [0, 0.05) is 43.6 Å². The van der Waals surface area contributed by atoms with Gasteiger partial charge in [-0.2, -0.15) is 0 Å². The molecule has 0 radical (unpaired) electrons. The minimum absolute atomic E-state index is 0.0338. The predicted molar refractivity (Wildman–Crippen MR) is 113 cm³/mol. The van der Waals surface area contributed by atoms with Crippen LogP contribution in [0.1, 0.15) is 28.8 Å². The van der Waals surface area contributed by atoms with E-state index in [0.717, 1.165) is 43.8 Å². The van der Waals surface area contributed by atoms with Gasteiger partial charge in [0.15, 0.2) is 0 Å². The summed E-state index contributed by atoms with van der Waals surface area (Å²) in [6, 6.07) is 9.75. The molecule has 0 unspecified atom stereocenters. The average Bonchev–Trinajstić information content (AvgIpc) is 3.53. The summed E-state index contributed by atoms with van der Waals surface area (Å²) in [7, 11) is 1.70. The van der Waals surface area contributed by atoms with Crippen molar-refractivity contribution in [2.24, 2.45) is 11.8 Å². The number of furan rings is 1. The number of methoxy groups -OCH3 is 1. The lowest BCUT2D eigenvalue weighted by Gasteiger charge is -2.29. The summed E-state index contributed by atoms with van der Waals surface area (Å²) in [6.07, 6.45) is 9.83. The molecule has 3 fully saturated rings. The zero-order chi connectivity index (χ0) is 20.6. The van der Waals surface area contributed by atoms with E-state index in [2.05, 4.69) is 28.4 Å². The van der Waals surface area contributed by atoms with E-state index in [0.29, 0.717) is 23.9 Å². The number of carbonyl (C=O) groups is 1. The maximum absolute atomic E-state index is 12.3. The molecule has 6 heteroatoms. The Labute approximate surface area is 176 Å². The van der Waals surface area contributed by atoms with Crippen LogP contribution in [0.2, 0.25) is 0 Å². The lowest BCUT2D eigenvalue weighted by Crippen LogP contribution is -2.41. The second kappa shape index (κ2) is 7.93. The number of benzene rings is 1. The summed E-state index contributed by atoms with van der Waals surface area (Å²) < 4.78 is 16.9. The van der Waals surface area contributed by atoms with Crippen molar-refractivity contribution in [1.82, 2.24) is 10.2 Å². The highest BCUT2D eigenvalue weighted by atomic mass is 16.5. The first kappa shape index (κ1) is 19.4. The number of para-hydroxylation sites is 1. The summed E-state index contributed by atoms with van der Waals surface area (Å²) in [6.45, 7) is 3.53. The van der Waals surface area contributed by atoms with Crippen molar-refractivity contribution in [1.29, 1.82) is 0 Å². The number of amides is 1. The topological polar surface area (TPSA) is 63.9 Å². The van der Waals surface area contributed by atoms with E-state index in [-0.39, 0.29) is 17.6 Å². The molecular weight excluding hydrogens is 380 g/mol. The lowest BCUT2D eigenvalue weighted by molar-refractivity contribution is 0.00366. The number of ether oxygens (including phenoxy) is 2. The first-order valence-electron chi connectivity index (χ1n) is 10.7. The lowest BCUT2D eigenvalue weighted by atomic mass is 9.73. The van der Waals surface area contributed by atoms with Crippen molar-refractivity contribution in [2.75, 3.05) is 33.3 Å². The van der Waals surface area contributed by atoms with Gasteiger partial charge in [-0.25, -0.2) is 0 Å². The van der Waals surface area contributed by atoms with Gasteiger partial charge >= 0.3 is 0 Å². The van der Waals surface area contributed by atoms with Gasteiger partial charge in [-0.3, -0.25) is 9.69 Å². The van der Waals surface area contributed by atoms with Gasteiger partial charge in [-0.1, -0.05) is 30.4 Å². The van der Waals surface area contributed by atoms with Crippen LogP contribution in [0.25, 0.3) is 6.08 Å². The third kappa shape index (κ3) is 3.44. The number of hydrogen-bond acceptors (Lipinski definition) is 5. The zero-order valence-electron chi connectivity index (χ0n) is 17.3. The van der Waals surface area contributed by atoms with Gasteiger partial charge in [0.1, 0.15) is 12.0 Å². The molecule has 1 aromatic carbocycles. The second-order valence-corrected chi connectivity index (χ2v) is 8.59. The van der Waals surface area contributed by atoms with E-state index < -0.39 is 0 Å². The summed E-state index contributed by atoms with van der Waals surface area (Å²) in [5.41, 5.74) is 1.63. The molecule has 4 heterocycles. The van der Waals surface area contributed by atoms with Crippen LogP contribution in [0.4, 0.5) is 0 Å². The van der Waals surface area contributed by atoms with Crippen LogP contribution in [-0.2, 0) is 4.74 Å². The summed E-state index contributed by atoms with van der Waals surface area (Å²) in [5, 5.41) is 3.09. The number of fused-ring (bicyclic) bond motifs is 1. The fourth-order valence-corrected chi connectivity index (χ4v) is 5.54. The number of carbonyl (C=O) groups excluding carboxylic acids is 1. The smallest absolute Gasteiger partial charge is 0.254 e. The molecule has 158 valence electrons. The molecule has 0 aliphatic carbocycles. The molecule has 30 heavy (non-hydrogen) atoms. The molecule has 5 rings (SSSR count). The Hall–Kier alpha value is -2.57. The highest BCUT2D eigenvalue weighted by molar-refractivity contribution is 5.93. The molecule has 1 spiro atoms. The Bertz CT molecular complexity index is 925. The third-order valence-electron chi connectivity index (χ3n) is 6.94. The van der Waals surface area contributed by atoms with Gasteiger partial charge in [0.25, 0.3) is 5.91 Å². The van der Waals surface area contributed by atoms with E-state index in [9.17, 15) is 4.79 Å². The molecule has 3 saturated heterocycles. The van der Waals surface area contributed by atoms with Gasteiger partial charge in [0.2, 0.25) is 0 Å². The Balaban J connectivity index is 1.20. The molecule has 1 N–H and O–H groups in total. The maximum atomic E-state index is 12.3. The highest BCUT2D eigenvalue weighted by Crippen LogP contribution is 2.54. The Morgan fingerprint density at radius 2 is 2.27 bits per heavy atom. The molecule has 1 aromatic heterocycles. The van der Waals surface area contributed by atoms with Gasteiger partial charge in [-0.15, -0.1) is 0 Å². The van der Waals surface area contributed by atoms with Crippen molar-refractivity contribution in [3.8, 4) is 5.75 Å². The van der Waals surface area contributed by atoms with Crippen LogP contribution >= 0.6 is 0 Å². The van der Waals surface area contributed by atoms with Gasteiger partial charge in [-0.05, 0) is 25.0 Å². The second-order valence-electron chi connectivity index (χ2n) is 8.59. The Morgan fingerprint density at radius 1 is 1.37 bits per heavy atom. The van der Waals surface area contributed by atoms with Gasteiger partial charge < -0.3 is 19.2 Å². The van der Waals surface area contributed by atoms with Crippen LogP contribution in [0.15, 0.2) is 53.4 Å². The third-order valence-corrected chi connectivity index (χ3v) is 6.94. The van der Waals surface area contributed by atoms with Crippen LogP contribution in [0.5, 0.6) is 5.75 Å². The molecular formula is C24H28N2O4. The Morgan fingerprint density at radius 3 is 3.10 bits per heavy atom. The van der Waals surface area contributed by atoms with Crippen molar-refractivity contribution in [3.63, 3.8) is 0 Å². The molecule has 4 atom stereocenters. The normalized spacial score (nSPS) is 30.1. The van der Waals surface area contributed by atoms with Crippen molar-refractivity contribution >= 4 is 12.0 Å². The maximum Gasteiger partial charge on any atom is 0.254 e. The molecule has 0 saturated carbocycles. The van der Waals surface area contributed by atoms with Crippen molar-refractivity contribution < 1.29 is 18.7 Å². The fourth-order valence-electron chi connectivity index (χ4n) is 5.54. The van der Waals surface area contributed by atoms with Crippen LogP contribution in [0, 0.1) is 11.8 Å². The summed E-state index contributed by atoms with van der Waals surface area (Å²) >= 11 is 0. The number of hydrogen-bond donors (Lipinski definition) is 1. The largest absolute Gasteiger partial charge is 0.496 e. The van der Waals surface area contributed by atoms with E-state index >= 15 is 0 Å². The van der Waals surface area contributed by atoms with E-state index in [1.807, 2.05) is 18.2 Å².